The largest absolute Gasteiger partial charge is 0.444 e. The lowest BCUT2D eigenvalue weighted by Gasteiger charge is -2.22. The molecule has 0 fully saturated rings. The third-order valence-electron chi connectivity index (χ3n) is 1.92. The number of carbonyl (C=O) groups is 1. The van der Waals surface area contributed by atoms with Crippen molar-refractivity contribution in [3.63, 3.8) is 0 Å². The molecule has 0 saturated carbocycles. The second kappa shape index (κ2) is 5.63. The monoisotopic (exact) mass is 238 g/mol. The van der Waals surface area contributed by atoms with E-state index in [0.29, 0.717) is 5.69 Å². The molecular formula is C12H18N2O3. The summed E-state index contributed by atoms with van der Waals surface area (Å²) in [5.41, 5.74) is 0.0367. The maximum absolute atomic E-state index is 11.5. The smallest absolute Gasteiger partial charge is 0.408 e. The zero-order valence-electron chi connectivity index (χ0n) is 10.3. The van der Waals surface area contributed by atoms with Crippen LogP contribution in [0.4, 0.5) is 4.79 Å². The standard InChI is InChI=1S/C12H18N2O3/c1-12(2,3)17-11(16)14-10(8-15)9-6-4-5-7-13-9/h4-7,10,15H,8H2,1-3H3,(H,14,16)/t10-/m0/s1. The number of alkyl carbamates (subject to hydrolysis) is 1. The van der Waals surface area contributed by atoms with Crippen molar-refractivity contribution >= 4 is 6.09 Å². The molecule has 0 saturated heterocycles. The van der Waals surface area contributed by atoms with Crippen molar-refractivity contribution in [2.75, 3.05) is 6.61 Å². The van der Waals surface area contributed by atoms with E-state index in [0.717, 1.165) is 0 Å². The van der Waals surface area contributed by atoms with Crippen molar-refractivity contribution in [1.29, 1.82) is 0 Å². The van der Waals surface area contributed by atoms with Crippen LogP contribution in [-0.2, 0) is 4.74 Å². The van der Waals surface area contributed by atoms with Crippen LogP contribution in [-0.4, -0.2) is 28.4 Å². The lowest BCUT2D eigenvalue weighted by atomic mass is 10.2. The average molecular weight is 238 g/mol. The van der Waals surface area contributed by atoms with Gasteiger partial charge >= 0.3 is 6.09 Å². The molecule has 1 heterocycles. The van der Waals surface area contributed by atoms with Gasteiger partial charge in [-0.05, 0) is 32.9 Å². The maximum Gasteiger partial charge on any atom is 0.408 e. The Bertz CT molecular complexity index is 360. The summed E-state index contributed by atoms with van der Waals surface area (Å²) in [7, 11) is 0. The first-order valence-corrected chi connectivity index (χ1v) is 5.43. The second-order valence-corrected chi connectivity index (χ2v) is 4.64. The van der Waals surface area contributed by atoms with Crippen LogP contribution in [0.15, 0.2) is 24.4 Å². The molecule has 17 heavy (non-hydrogen) atoms. The van der Waals surface area contributed by atoms with Crippen LogP contribution in [0.2, 0.25) is 0 Å². The van der Waals surface area contributed by atoms with Gasteiger partial charge in [0.25, 0.3) is 0 Å². The van der Waals surface area contributed by atoms with Gasteiger partial charge < -0.3 is 15.2 Å². The van der Waals surface area contributed by atoms with Crippen LogP contribution in [0.5, 0.6) is 0 Å². The highest BCUT2D eigenvalue weighted by molar-refractivity contribution is 5.68. The fourth-order valence-electron chi connectivity index (χ4n) is 1.25. The second-order valence-electron chi connectivity index (χ2n) is 4.64. The number of nitrogens with one attached hydrogen (secondary N) is 1. The SMILES string of the molecule is CC(C)(C)OC(=O)N[C@@H](CO)c1ccccn1. The summed E-state index contributed by atoms with van der Waals surface area (Å²) in [4.78, 5) is 15.6. The summed E-state index contributed by atoms with van der Waals surface area (Å²) in [5, 5.41) is 11.8. The van der Waals surface area contributed by atoms with E-state index in [-0.39, 0.29) is 6.61 Å². The van der Waals surface area contributed by atoms with E-state index in [9.17, 15) is 9.90 Å². The Balaban J connectivity index is 2.62. The van der Waals surface area contributed by atoms with Gasteiger partial charge in [0, 0.05) is 6.20 Å². The molecule has 1 aromatic heterocycles. The molecule has 0 aliphatic carbocycles. The number of ether oxygens (including phenoxy) is 1. The van der Waals surface area contributed by atoms with Gasteiger partial charge in [0.1, 0.15) is 5.60 Å². The summed E-state index contributed by atoms with van der Waals surface area (Å²) in [6.45, 7) is 5.11. The number of pyridine rings is 1. The first-order valence-electron chi connectivity index (χ1n) is 5.43. The average Bonchev–Trinajstić information content (AvgIpc) is 2.24. The van der Waals surface area contributed by atoms with E-state index in [4.69, 9.17) is 4.74 Å². The number of rotatable bonds is 3. The van der Waals surface area contributed by atoms with Gasteiger partial charge in [-0.2, -0.15) is 0 Å². The van der Waals surface area contributed by atoms with Gasteiger partial charge in [-0.15, -0.1) is 0 Å². The molecule has 0 aliphatic rings. The van der Waals surface area contributed by atoms with Crippen LogP contribution < -0.4 is 5.32 Å². The van der Waals surface area contributed by atoms with Crippen LogP contribution in [0.25, 0.3) is 0 Å². The summed E-state index contributed by atoms with van der Waals surface area (Å²) >= 11 is 0. The molecule has 0 radical (unpaired) electrons. The van der Waals surface area contributed by atoms with Gasteiger partial charge in [0.15, 0.2) is 0 Å². The van der Waals surface area contributed by atoms with Crippen molar-refractivity contribution in [3.05, 3.63) is 30.1 Å². The minimum Gasteiger partial charge on any atom is -0.444 e. The van der Waals surface area contributed by atoms with E-state index in [1.165, 1.54) is 0 Å². The Morgan fingerprint density at radius 2 is 2.24 bits per heavy atom. The van der Waals surface area contributed by atoms with Gasteiger partial charge in [0.05, 0.1) is 18.3 Å². The Kier molecular flexibility index (Phi) is 4.45. The van der Waals surface area contributed by atoms with Crippen molar-refractivity contribution in [3.8, 4) is 0 Å². The molecular weight excluding hydrogens is 220 g/mol. The summed E-state index contributed by atoms with van der Waals surface area (Å²) in [6, 6.07) is 4.75. The third-order valence-corrected chi connectivity index (χ3v) is 1.92. The van der Waals surface area contributed by atoms with E-state index >= 15 is 0 Å². The van der Waals surface area contributed by atoms with Crippen LogP contribution in [0.3, 0.4) is 0 Å². The first-order chi connectivity index (χ1) is 7.92. The molecule has 1 amide bonds. The highest BCUT2D eigenvalue weighted by Gasteiger charge is 2.20. The third kappa shape index (κ3) is 4.82. The van der Waals surface area contributed by atoms with Gasteiger partial charge in [-0.25, -0.2) is 4.79 Å². The molecule has 2 N–H and O–H groups in total. The minimum absolute atomic E-state index is 0.226. The Morgan fingerprint density at radius 1 is 1.53 bits per heavy atom. The van der Waals surface area contributed by atoms with Crippen molar-refractivity contribution < 1.29 is 14.6 Å². The summed E-state index contributed by atoms with van der Waals surface area (Å²) in [5.74, 6) is 0. The normalized spacial score (nSPS) is 12.9. The molecule has 5 nitrogen and oxygen atoms in total. The predicted molar refractivity (Wildman–Crippen MR) is 63.4 cm³/mol. The van der Waals surface area contributed by atoms with Crippen molar-refractivity contribution in [2.24, 2.45) is 0 Å². The maximum atomic E-state index is 11.5. The highest BCUT2D eigenvalue weighted by Crippen LogP contribution is 2.11. The number of aromatic nitrogens is 1. The number of aliphatic hydroxyl groups is 1. The number of carbonyl (C=O) groups excluding carboxylic acids is 1. The van der Waals surface area contributed by atoms with E-state index in [1.807, 2.05) is 0 Å². The predicted octanol–water partition coefficient (Wildman–Crippen LogP) is 1.64. The van der Waals surface area contributed by atoms with Crippen molar-refractivity contribution in [1.82, 2.24) is 10.3 Å². The number of hydrogen-bond acceptors (Lipinski definition) is 4. The topological polar surface area (TPSA) is 71.5 Å². The molecule has 5 heteroatoms. The quantitative estimate of drug-likeness (QED) is 0.839. The van der Waals surface area contributed by atoms with E-state index < -0.39 is 17.7 Å². The van der Waals surface area contributed by atoms with Gasteiger partial charge in [0.2, 0.25) is 0 Å². The lowest BCUT2D eigenvalue weighted by molar-refractivity contribution is 0.0480. The molecule has 0 aromatic carbocycles. The number of nitrogens with zero attached hydrogens (tertiary/aromatic N) is 1. The lowest BCUT2D eigenvalue weighted by Crippen LogP contribution is -2.36. The Morgan fingerprint density at radius 3 is 2.71 bits per heavy atom. The van der Waals surface area contributed by atoms with Gasteiger partial charge in [-0.1, -0.05) is 6.07 Å². The minimum atomic E-state index is -0.567. The van der Waals surface area contributed by atoms with Crippen LogP contribution in [0, 0.1) is 0 Å². The van der Waals surface area contributed by atoms with E-state index in [2.05, 4.69) is 10.3 Å². The molecule has 0 unspecified atom stereocenters. The molecule has 94 valence electrons. The van der Waals surface area contributed by atoms with Crippen LogP contribution in [0.1, 0.15) is 32.5 Å². The first kappa shape index (κ1) is 13.4. The molecule has 1 aromatic rings. The molecule has 1 rings (SSSR count). The fourth-order valence-corrected chi connectivity index (χ4v) is 1.25. The molecule has 0 bridgehead atoms. The molecule has 0 spiro atoms. The number of hydrogen-bond donors (Lipinski definition) is 2. The highest BCUT2D eigenvalue weighted by atomic mass is 16.6. The van der Waals surface area contributed by atoms with Gasteiger partial charge in [-0.3, -0.25) is 4.98 Å². The van der Waals surface area contributed by atoms with Crippen molar-refractivity contribution in [2.45, 2.75) is 32.4 Å². The zero-order chi connectivity index (χ0) is 12.9. The Labute approximate surface area is 101 Å². The number of aliphatic hydroxyl groups excluding tert-OH is 1. The Hall–Kier alpha value is -1.62. The van der Waals surface area contributed by atoms with Crippen LogP contribution >= 0.6 is 0 Å². The number of amides is 1. The summed E-state index contributed by atoms with van der Waals surface area (Å²) in [6.07, 6.45) is 1.04. The molecule has 0 aliphatic heterocycles. The van der Waals surface area contributed by atoms with E-state index in [1.54, 1.807) is 45.2 Å². The fraction of sp³-hybridized carbons (Fsp3) is 0.500. The molecule has 1 atom stereocenters. The summed E-state index contributed by atoms with van der Waals surface area (Å²) < 4.78 is 5.10. The zero-order valence-corrected chi connectivity index (χ0v) is 10.3.